The fraction of sp³-hybridized carbons (Fsp3) is 0.190. The lowest BCUT2D eigenvalue weighted by molar-refractivity contribution is 0.187. The van der Waals surface area contributed by atoms with E-state index in [4.69, 9.17) is 5.73 Å². The van der Waals surface area contributed by atoms with Crippen LogP contribution >= 0.6 is 0 Å². The van der Waals surface area contributed by atoms with Gasteiger partial charge in [0.25, 0.3) is 0 Å². The second-order valence-corrected chi connectivity index (χ2v) is 6.26. The van der Waals surface area contributed by atoms with E-state index < -0.39 is 6.09 Å². The molecular formula is C21H22N4O2. The quantitative estimate of drug-likeness (QED) is 0.719. The van der Waals surface area contributed by atoms with E-state index in [1.54, 1.807) is 0 Å². The number of benzene rings is 2. The molecule has 0 fully saturated rings. The molecule has 3 rings (SSSR count). The summed E-state index contributed by atoms with van der Waals surface area (Å²) in [6.45, 7) is 1.91. The topological polar surface area (TPSA) is 90.1 Å². The van der Waals surface area contributed by atoms with Crippen molar-refractivity contribution in [3.05, 3.63) is 77.6 Å². The number of methoxy groups -OCH3 is 1. The zero-order valence-corrected chi connectivity index (χ0v) is 15.3. The van der Waals surface area contributed by atoms with Gasteiger partial charge in [-0.25, -0.2) is 4.79 Å². The van der Waals surface area contributed by atoms with E-state index in [9.17, 15) is 4.79 Å². The van der Waals surface area contributed by atoms with Crippen LogP contribution in [0.25, 0.3) is 11.1 Å². The average molecular weight is 362 g/mol. The van der Waals surface area contributed by atoms with Crippen molar-refractivity contribution in [2.24, 2.45) is 5.73 Å². The monoisotopic (exact) mass is 362 g/mol. The van der Waals surface area contributed by atoms with Gasteiger partial charge in [0.05, 0.1) is 24.5 Å². The Balaban J connectivity index is 1.81. The molecule has 1 amide bonds. The summed E-state index contributed by atoms with van der Waals surface area (Å²) in [5.74, 6) is 0. The van der Waals surface area contributed by atoms with Gasteiger partial charge in [-0.05, 0) is 42.7 Å². The van der Waals surface area contributed by atoms with Crippen molar-refractivity contribution in [2.75, 3.05) is 12.4 Å². The van der Waals surface area contributed by atoms with Crippen LogP contribution in [-0.2, 0) is 11.2 Å². The highest BCUT2D eigenvalue weighted by Crippen LogP contribution is 2.26. The second-order valence-electron chi connectivity index (χ2n) is 6.26. The third-order valence-corrected chi connectivity index (χ3v) is 4.30. The molecule has 2 aromatic carbocycles. The van der Waals surface area contributed by atoms with Gasteiger partial charge in [-0.15, -0.1) is 0 Å². The molecule has 3 aromatic rings. The lowest BCUT2D eigenvalue weighted by Gasteiger charge is -2.13. The van der Waals surface area contributed by atoms with Crippen LogP contribution in [0.15, 0.2) is 60.7 Å². The van der Waals surface area contributed by atoms with Gasteiger partial charge in [-0.2, -0.15) is 10.2 Å². The molecule has 0 saturated carbocycles. The molecule has 6 nitrogen and oxygen atoms in total. The SMILES string of the molecule is COC(=O)Nc1ccc(-c2cc(C(N)Cc3ccccc3)nnc2C)cc1. The van der Waals surface area contributed by atoms with Crippen molar-refractivity contribution in [1.82, 2.24) is 10.2 Å². The molecule has 0 saturated heterocycles. The smallest absolute Gasteiger partial charge is 0.411 e. The minimum Gasteiger partial charge on any atom is -0.453 e. The van der Waals surface area contributed by atoms with E-state index in [1.807, 2.05) is 55.5 Å². The highest BCUT2D eigenvalue weighted by Gasteiger charge is 2.13. The van der Waals surface area contributed by atoms with E-state index in [-0.39, 0.29) is 6.04 Å². The number of nitrogens with two attached hydrogens (primary N) is 1. The Hall–Kier alpha value is -3.25. The molecule has 0 aliphatic carbocycles. The van der Waals surface area contributed by atoms with Gasteiger partial charge in [0.15, 0.2) is 0 Å². The van der Waals surface area contributed by atoms with Crippen LogP contribution in [0.4, 0.5) is 10.5 Å². The molecule has 27 heavy (non-hydrogen) atoms. The number of hydrogen-bond donors (Lipinski definition) is 2. The molecule has 1 atom stereocenters. The zero-order valence-electron chi connectivity index (χ0n) is 15.3. The number of ether oxygens (including phenoxy) is 1. The van der Waals surface area contributed by atoms with Crippen molar-refractivity contribution in [2.45, 2.75) is 19.4 Å². The maximum Gasteiger partial charge on any atom is 0.411 e. The summed E-state index contributed by atoms with van der Waals surface area (Å²) < 4.78 is 4.60. The van der Waals surface area contributed by atoms with Gasteiger partial charge in [-0.3, -0.25) is 5.32 Å². The molecule has 1 unspecified atom stereocenters. The number of rotatable bonds is 5. The number of hydrogen-bond acceptors (Lipinski definition) is 5. The van der Waals surface area contributed by atoms with Crippen molar-refractivity contribution in [1.29, 1.82) is 0 Å². The van der Waals surface area contributed by atoms with E-state index in [0.717, 1.165) is 28.1 Å². The summed E-state index contributed by atoms with van der Waals surface area (Å²) in [4.78, 5) is 11.3. The lowest BCUT2D eigenvalue weighted by atomic mass is 9.99. The average Bonchev–Trinajstić information content (AvgIpc) is 2.69. The number of nitrogens with zero attached hydrogens (tertiary/aromatic N) is 2. The van der Waals surface area contributed by atoms with Crippen LogP contribution in [-0.4, -0.2) is 23.4 Å². The van der Waals surface area contributed by atoms with Crippen LogP contribution in [0.1, 0.15) is 23.0 Å². The Kier molecular flexibility index (Phi) is 5.78. The predicted octanol–water partition coefficient (Wildman–Crippen LogP) is 3.87. The third-order valence-electron chi connectivity index (χ3n) is 4.30. The van der Waals surface area contributed by atoms with Crippen LogP contribution in [0, 0.1) is 6.92 Å². The first-order chi connectivity index (χ1) is 13.1. The molecule has 0 aliphatic heterocycles. The normalized spacial score (nSPS) is 11.7. The first-order valence-electron chi connectivity index (χ1n) is 8.66. The number of carbonyl (C=O) groups excluding carboxylic acids is 1. The van der Waals surface area contributed by atoms with Crippen molar-refractivity contribution >= 4 is 11.8 Å². The molecule has 1 aromatic heterocycles. The van der Waals surface area contributed by atoms with Gasteiger partial charge in [0.1, 0.15) is 0 Å². The minimum absolute atomic E-state index is 0.237. The Bertz CT molecular complexity index is 911. The first-order valence-corrected chi connectivity index (χ1v) is 8.66. The maximum absolute atomic E-state index is 11.3. The highest BCUT2D eigenvalue weighted by molar-refractivity contribution is 5.85. The zero-order chi connectivity index (χ0) is 19.2. The van der Waals surface area contributed by atoms with Crippen molar-refractivity contribution in [3.63, 3.8) is 0 Å². The molecular weight excluding hydrogens is 340 g/mol. The summed E-state index contributed by atoms with van der Waals surface area (Å²) in [6.07, 6.45) is 0.193. The number of carbonyl (C=O) groups is 1. The minimum atomic E-state index is -0.501. The fourth-order valence-electron chi connectivity index (χ4n) is 2.82. The Morgan fingerprint density at radius 1 is 1.11 bits per heavy atom. The standard InChI is InChI=1S/C21H22N4O2/c1-14-18(16-8-10-17(11-9-16)23-21(26)27-2)13-20(25-24-14)19(22)12-15-6-4-3-5-7-15/h3-11,13,19H,12,22H2,1-2H3,(H,23,26). The van der Waals surface area contributed by atoms with E-state index >= 15 is 0 Å². The molecule has 138 valence electrons. The lowest BCUT2D eigenvalue weighted by Crippen LogP contribution is -2.16. The van der Waals surface area contributed by atoms with E-state index in [0.29, 0.717) is 12.1 Å². The van der Waals surface area contributed by atoms with Crippen LogP contribution in [0.2, 0.25) is 0 Å². The molecule has 0 bridgehead atoms. The van der Waals surface area contributed by atoms with Crippen molar-refractivity contribution in [3.8, 4) is 11.1 Å². The molecule has 0 spiro atoms. The predicted molar refractivity (Wildman–Crippen MR) is 105 cm³/mol. The molecule has 0 aliphatic rings. The van der Waals surface area contributed by atoms with Gasteiger partial charge < -0.3 is 10.5 Å². The number of aromatic nitrogens is 2. The van der Waals surface area contributed by atoms with Gasteiger partial charge in [-0.1, -0.05) is 42.5 Å². The van der Waals surface area contributed by atoms with Crippen LogP contribution < -0.4 is 11.1 Å². The maximum atomic E-state index is 11.3. The van der Waals surface area contributed by atoms with Crippen molar-refractivity contribution < 1.29 is 9.53 Å². The van der Waals surface area contributed by atoms with Gasteiger partial charge in [0.2, 0.25) is 0 Å². The summed E-state index contributed by atoms with van der Waals surface area (Å²) in [5.41, 5.74) is 11.7. The number of nitrogens with one attached hydrogen (secondary N) is 1. The fourth-order valence-corrected chi connectivity index (χ4v) is 2.82. The highest BCUT2D eigenvalue weighted by atomic mass is 16.5. The summed E-state index contributed by atoms with van der Waals surface area (Å²) in [7, 11) is 1.33. The number of amides is 1. The molecule has 1 heterocycles. The summed E-state index contributed by atoms with van der Waals surface area (Å²) >= 11 is 0. The van der Waals surface area contributed by atoms with Crippen LogP contribution in [0.3, 0.4) is 0 Å². The Morgan fingerprint density at radius 3 is 2.48 bits per heavy atom. The number of aryl methyl sites for hydroxylation is 1. The summed E-state index contributed by atoms with van der Waals surface area (Å²) in [5, 5.41) is 11.2. The van der Waals surface area contributed by atoms with Gasteiger partial charge >= 0.3 is 6.09 Å². The van der Waals surface area contributed by atoms with E-state index in [2.05, 4.69) is 32.4 Å². The largest absolute Gasteiger partial charge is 0.453 e. The van der Waals surface area contributed by atoms with Gasteiger partial charge in [0, 0.05) is 11.3 Å². The summed E-state index contributed by atoms with van der Waals surface area (Å²) in [6, 6.07) is 19.3. The third kappa shape index (κ3) is 4.68. The number of anilines is 1. The van der Waals surface area contributed by atoms with E-state index in [1.165, 1.54) is 7.11 Å². The second kappa shape index (κ2) is 8.42. The first kappa shape index (κ1) is 18.5. The Labute approximate surface area is 158 Å². The Morgan fingerprint density at radius 2 is 1.81 bits per heavy atom. The molecule has 3 N–H and O–H groups in total. The van der Waals surface area contributed by atoms with Crippen LogP contribution in [0.5, 0.6) is 0 Å². The molecule has 0 radical (unpaired) electrons. The molecule has 6 heteroatoms.